The molecule has 1 aromatic carbocycles. The van der Waals surface area contributed by atoms with Crippen molar-refractivity contribution in [3.63, 3.8) is 0 Å². The molecule has 1 aliphatic rings. The van der Waals surface area contributed by atoms with Crippen LogP contribution in [-0.2, 0) is 20.1 Å². The van der Waals surface area contributed by atoms with Crippen LogP contribution < -0.4 is 10.1 Å². The number of aromatic nitrogens is 3. The summed E-state index contributed by atoms with van der Waals surface area (Å²) in [6.45, 7) is 9.70. The lowest BCUT2D eigenvalue weighted by atomic mass is 10.2. The Labute approximate surface area is 171 Å². The summed E-state index contributed by atoms with van der Waals surface area (Å²) >= 11 is 2.02. The molecule has 0 spiro atoms. The second-order valence-corrected chi connectivity index (χ2v) is 9.40. The smallest absolute Gasteiger partial charge is 0.194 e. The molecule has 0 bridgehead atoms. The maximum atomic E-state index is 5.24. The molecular weight excluding hydrogens is 372 g/mol. The van der Waals surface area contributed by atoms with Gasteiger partial charge < -0.3 is 19.5 Å². The molecule has 0 atom stereocenters. The highest BCUT2D eigenvalue weighted by molar-refractivity contribution is 8.00. The van der Waals surface area contributed by atoms with E-state index in [9.17, 15) is 0 Å². The van der Waals surface area contributed by atoms with Gasteiger partial charge in [-0.25, -0.2) is 4.99 Å². The Bertz CT molecular complexity index is 815. The molecule has 0 amide bonds. The lowest BCUT2D eigenvalue weighted by molar-refractivity contribution is 0.374. The van der Waals surface area contributed by atoms with E-state index in [1.807, 2.05) is 42.4 Å². The zero-order chi connectivity index (χ0) is 20.1. The summed E-state index contributed by atoms with van der Waals surface area (Å²) in [4.78, 5) is 7.26. The third-order valence-electron chi connectivity index (χ3n) is 4.88. The van der Waals surface area contributed by atoms with Crippen LogP contribution in [0.5, 0.6) is 5.75 Å². The minimum absolute atomic E-state index is 0.210. The molecule has 2 heterocycles. The van der Waals surface area contributed by atoms with Gasteiger partial charge in [0, 0.05) is 30.6 Å². The zero-order valence-corrected chi connectivity index (χ0v) is 18.2. The topological polar surface area (TPSA) is 67.6 Å². The quantitative estimate of drug-likeness (QED) is 0.613. The normalized spacial score (nSPS) is 16.9. The molecule has 7 nitrogen and oxygen atoms in total. The third kappa shape index (κ3) is 5.19. The van der Waals surface area contributed by atoms with E-state index in [1.54, 1.807) is 7.11 Å². The number of nitrogens with zero attached hydrogens (tertiary/aromatic N) is 5. The molecule has 1 saturated heterocycles. The monoisotopic (exact) mass is 402 g/mol. The molecule has 28 heavy (non-hydrogen) atoms. The Morgan fingerprint density at radius 3 is 2.64 bits per heavy atom. The number of ether oxygens (including phenoxy) is 1. The summed E-state index contributed by atoms with van der Waals surface area (Å²) in [5.41, 5.74) is 1.15. The molecule has 0 aliphatic carbocycles. The van der Waals surface area contributed by atoms with Crippen LogP contribution in [0.3, 0.4) is 0 Å². The molecule has 1 N–H and O–H groups in total. The van der Waals surface area contributed by atoms with Crippen molar-refractivity contribution >= 4 is 17.7 Å². The highest BCUT2D eigenvalue weighted by Crippen LogP contribution is 2.29. The van der Waals surface area contributed by atoms with Gasteiger partial charge in [0.05, 0.1) is 20.2 Å². The Morgan fingerprint density at radius 1 is 1.29 bits per heavy atom. The lowest BCUT2D eigenvalue weighted by Gasteiger charge is -2.39. The van der Waals surface area contributed by atoms with Crippen molar-refractivity contribution in [2.24, 2.45) is 12.0 Å². The standard InChI is InChI=1S/C20H30N6OS/c1-15-23-24-18(25(15)4)13-22-19(26-10-11-28-20(2,3)14-26)21-12-16-6-8-17(27-5)9-7-16/h6-9H,10-14H2,1-5H3,(H,21,22). The summed E-state index contributed by atoms with van der Waals surface area (Å²) in [6.07, 6.45) is 0. The van der Waals surface area contributed by atoms with Crippen molar-refractivity contribution in [2.75, 3.05) is 26.0 Å². The Hall–Kier alpha value is -2.22. The van der Waals surface area contributed by atoms with Crippen molar-refractivity contribution in [3.05, 3.63) is 41.5 Å². The maximum absolute atomic E-state index is 5.24. The average Bonchev–Trinajstić information content (AvgIpc) is 3.00. The van der Waals surface area contributed by atoms with E-state index < -0.39 is 0 Å². The Kier molecular flexibility index (Phi) is 6.49. The van der Waals surface area contributed by atoms with Crippen molar-refractivity contribution < 1.29 is 4.74 Å². The number of thioether (sulfide) groups is 1. The first-order valence-electron chi connectivity index (χ1n) is 9.53. The number of aliphatic imine (C=N–C) groups is 1. The molecule has 1 aliphatic heterocycles. The SMILES string of the molecule is COc1ccc(CN=C(NCc2nnc(C)n2C)N2CCSC(C)(C)C2)cc1. The largest absolute Gasteiger partial charge is 0.497 e. The van der Waals surface area contributed by atoms with Gasteiger partial charge in [0.25, 0.3) is 0 Å². The van der Waals surface area contributed by atoms with Crippen LogP contribution in [-0.4, -0.2) is 56.3 Å². The van der Waals surface area contributed by atoms with Crippen molar-refractivity contribution in [2.45, 2.75) is 38.6 Å². The first kappa shape index (κ1) is 20.5. The number of nitrogens with one attached hydrogen (secondary N) is 1. The number of benzene rings is 1. The van der Waals surface area contributed by atoms with E-state index in [0.717, 1.165) is 47.8 Å². The van der Waals surface area contributed by atoms with Crippen molar-refractivity contribution in [3.8, 4) is 5.75 Å². The van der Waals surface area contributed by atoms with E-state index in [2.05, 4.69) is 46.4 Å². The average molecular weight is 403 g/mol. The molecule has 3 rings (SSSR count). The van der Waals surface area contributed by atoms with Crippen molar-refractivity contribution in [1.82, 2.24) is 25.0 Å². The van der Waals surface area contributed by atoms with Crippen LogP contribution in [0, 0.1) is 6.92 Å². The van der Waals surface area contributed by atoms with Crippen LogP contribution in [0.1, 0.15) is 31.1 Å². The molecule has 0 radical (unpaired) electrons. The van der Waals surface area contributed by atoms with Gasteiger partial charge in [-0.2, -0.15) is 11.8 Å². The molecule has 0 saturated carbocycles. The van der Waals surface area contributed by atoms with Crippen molar-refractivity contribution in [1.29, 1.82) is 0 Å². The van der Waals surface area contributed by atoms with E-state index >= 15 is 0 Å². The van der Waals surface area contributed by atoms with E-state index in [-0.39, 0.29) is 4.75 Å². The second-order valence-electron chi connectivity index (χ2n) is 7.59. The third-order valence-corrected chi connectivity index (χ3v) is 6.18. The lowest BCUT2D eigenvalue weighted by Crippen LogP contribution is -2.50. The van der Waals surface area contributed by atoms with E-state index in [4.69, 9.17) is 9.73 Å². The predicted molar refractivity (Wildman–Crippen MR) is 115 cm³/mol. The molecule has 0 unspecified atom stereocenters. The Balaban J connectivity index is 1.75. The van der Waals surface area contributed by atoms with E-state index in [1.165, 1.54) is 0 Å². The maximum Gasteiger partial charge on any atom is 0.194 e. The highest BCUT2D eigenvalue weighted by Gasteiger charge is 2.29. The summed E-state index contributed by atoms with van der Waals surface area (Å²) in [5.74, 6) is 4.69. The number of aryl methyl sites for hydroxylation is 1. The fourth-order valence-corrected chi connectivity index (χ4v) is 4.24. The number of hydrogen-bond donors (Lipinski definition) is 1. The number of rotatable bonds is 5. The summed E-state index contributed by atoms with van der Waals surface area (Å²) in [6, 6.07) is 8.06. The molecule has 2 aromatic rings. The van der Waals surface area contributed by atoms with Crippen LogP contribution >= 0.6 is 11.8 Å². The zero-order valence-electron chi connectivity index (χ0n) is 17.4. The van der Waals surface area contributed by atoms with Gasteiger partial charge in [-0.05, 0) is 38.5 Å². The van der Waals surface area contributed by atoms with Gasteiger partial charge in [-0.1, -0.05) is 12.1 Å². The van der Waals surface area contributed by atoms with Gasteiger partial charge in [-0.15, -0.1) is 10.2 Å². The number of hydrogen-bond acceptors (Lipinski definition) is 5. The molecule has 8 heteroatoms. The van der Waals surface area contributed by atoms with Gasteiger partial charge in [0.1, 0.15) is 11.6 Å². The molecular formula is C20H30N6OS. The predicted octanol–water partition coefficient (Wildman–Crippen LogP) is 2.61. The van der Waals surface area contributed by atoms with Crippen LogP contribution in [0.15, 0.2) is 29.3 Å². The summed E-state index contributed by atoms with van der Waals surface area (Å²) < 4.78 is 7.45. The van der Waals surface area contributed by atoms with Crippen LogP contribution in [0.25, 0.3) is 0 Å². The first-order valence-corrected chi connectivity index (χ1v) is 10.5. The van der Waals surface area contributed by atoms with Crippen LogP contribution in [0.4, 0.5) is 0 Å². The summed E-state index contributed by atoms with van der Waals surface area (Å²) in [5, 5.41) is 11.9. The van der Waals surface area contributed by atoms with Gasteiger partial charge >= 0.3 is 0 Å². The molecule has 1 fully saturated rings. The van der Waals surface area contributed by atoms with Gasteiger partial charge in [0.2, 0.25) is 0 Å². The molecule has 1 aromatic heterocycles. The first-order chi connectivity index (χ1) is 13.4. The fraction of sp³-hybridized carbons (Fsp3) is 0.550. The minimum atomic E-state index is 0.210. The van der Waals surface area contributed by atoms with Gasteiger partial charge in [0.15, 0.2) is 11.8 Å². The second kappa shape index (κ2) is 8.86. The highest BCUT2D eigenvalue weighted by atomic mass is 32.2. The van der Waals surface area contributed by atoms with Crippen LogP contribution in [0.2, 0.25) is 0 Å². The number of methoxy groups -OCH3 is 1. The fourth-order valence-electron chi connectivity index (χ4n) is 3.13. The van der Waals surface area contributed by atoms with Gasteiger partial charge in [-0.3, -0.25) is 0 Å². The number of guanidine groups is 1. The van der Waals surface area contributed by atoms with E-state index in [0.29, 0.717) is 13.1 Å². The Morgan fingerprint density at radius 2 is 2.04 bits per heavy atom. The summed E-state index contributed by atoms with van der Waals surface area (Å²) in [7, 11) is 3.67. The molecule has 152 valence electrons. The minimum Gasteiger partial charge on any atom is -0.497 e.